The predicted octanol–water partition coefficient (Wildman–Crippen LogP) is 3.29. The first-order valence-electron chi connectivity index (χ1n) is 4.55. The van der Waals surface area contributed by atoms with Crippen molar-refractivity contribution < 1.29 is 13.2 Å². The molecule has 82 valence electrons. The van der Waals surface area contributed by atoms with Crippen molar-refractivity contribution in [2.45, 2.75) is 13.1 Å². The van der Waals surface area contributed by atoms with E-state index in [0.717, 1.165) is 12.1 Å². The smallest absolute Gasteiger partial charge is 0.385 e. The Morgan fingerprint density at radius 3 is 2.60 bits per heavy atom. The van der Waals surface area contributed by atoms with Crippen LogP contribution in [0.1, 0.15) is 18.1 Å². The molecule has 4 heteroatoms. The van der Waals surface area contributed by atoms with Gasteiger partial charge in [0.2, 0.25) is 0 Å². The summed E-state index contributed by atoms with van der Waals surface area (Å²) in [7, 11) is 0. The molecule has 0 unspecified atom stereocenters. The number of alkyl halides is 3. The summed E-state index contributed by atoms with van der Waals surface area (Å²) in [5.41, 5.74) is 0.314. The van der Waals surface area contributed by atoms with Crippen LogP contribution in [0.15, 0.2) is 30.8 Å². The van der Waals surface area contributed by atoms with Gasteiger partial charge in [-0.3, -0.25) is 0 Å². The molecule has 0 heterocycles. The monoisotopic (exact) mass is 215 g/mol. The predicted molar refractivity (Wildman–Crippen MR) is 54.2 cm³/mol. The van der Waals surface area contributed by atoms with E-state index in [1.54, 1.807) is 6.07 Å². The van der Waals surface area contributed by atoms with Gasteiger partial charge in [0.1, 0.15) is 0 Å². The Hall–Kier alpha value is -1.45. The van der Waals surface area contributed by atoms with Gasteiger partial charge in [0, 0.05) is 12.2 Å². The third-order valence-electron chi connectivity index (χ3n) is 1.93. The van der Waals surface area contributed by atoms with E-state index in [1.165, 1.54) is 6.07 Å². The lowest BCUT2D eigenvalue weighted by atomic mass is 10.1. The molecular weight excluding hydrogens is 203 g/mol. The summed E-state index contributed by atoms with van der Waals surface area (Å²) in [6.45, 7) is 6.15. The Labute approximate surface area is 86.6 Å². The van der Waals surface area contributed by atoms with Gasteiger partial charge in [0.05, 0.1) is 5.56 Å². The molecular formula is C11H12F3N. The average Bonchev–Trinajstić information content (AvgIpc) is 2.17. The van der Waals surface area contributed by atoms with Crippen molar-refractivity contribution in [2.75, 3.05) is 6.54 Å². The van der Waals surface area contributed by atoms with E-state index in [1.807, 2.05) is 6.92 Å². The van der Waals surface area contributed by atoms with Crippen LogP contribution in [-0.2, 0) is 6.18 Å². The van der Waals surface area contributed by atoms with Crippen LogP contribution in [0.3, 0.4) is 0 Å². The third kappa shape index (κ3) is 3.01. The topological polar surface area (TPSA) is 12.0 Å². The summed E-state index contributed by atoms with van der Waals surface area (Å²) in [5.74, 6) is 0. The normalized spacial score (nSPS) is 11.2. The first kappa shape index (κ1) is 11.6. The van der Waals surface area contributed by atoms with Crippen LogP contribution in [-0.4, -0.2) is 6.54 Å². The second kappa shape index (κ2) is 4.38. The molecule has 0 bridgehead atoms. The average molecular weight is 215 g/mol. The van der Waals surface area contributed by atoms with Crippen molar-refractivity contribution >= 4 is 5.70 Å². The highest BCUT2D eigenvalue weighted by molar-refractivity contribution is 5.62. The molecule has 0 aliphatic carbocycles. The first-order chi connectivity index (χ1) is 6.95. The molecule has 1 rings (SSSR count). The van der Waals surface area contributed by atoms with Crippen molar-refractivity contribution in [3.63, 3.8) is 0 Å². The molecule has 1 aromatic rings. The maximum absolute atomic E-state index is 12.4. The molecule has 1 aromatic carbocycles. The van der Waals surface area contributed by atoms with Crippen LogP contribution < -0.4 is 5.32 Å². The van der Waals surface area contributed by atoms with Gasteiger partial charge < -0.3 is 5.32 Å². The molecule has 0 atom stereocenters. The summed E-state index contributed by atoms with van der Waals surface area (Å²) >= 11 is 0. The zero-order chi connectivity index (χ0) is 11.5. The van der Waals surface area contributed by atoms with Gasteiger partial charge in [0.25, 0.3) is 0 Å². The van der Waals surface area contributed by atoms with Crippen LogP contribution in [0.25, 0.3) is 5.70 Å². The fourth-order valence-electron chi connectivity index (χ4n) is 1.20. The Kier molecular flexibility index (Phi) is 3.39. The van der Waals surface area contributed by atoms with Gasteiger partial charge in [-0.1, -0.05) is 18.7 Å². The maximum Gasteiger partial charge on any atom is 0.416 e. The highest BCUT2D eigenvalue weighted by Crippen LogP contribution is 2.30. The van der Waals surface area contributed by atoms with Gasteiger partial charge >= 0.3 is 6.18 Å². The molecule has 0 aliphatic heterocycles. The summed E-state index contributed by atoms with van der Waals surface area (Å²) in [4.78, 5) is 0. The SMILES string of the molecule is C=C(NCC)c1cccc(C(F)(F)F)c1. The summed E-state index contributed by atoms with van der Waals surface area (Å²) in [6.07, 6.45) is -4.30. The standard InChI is InChI=1S/C11H12F3N/c1-3-15-8(2)9-5-4-6-10(7-9)11(12,13)14/h4-7,15H,2-3H2,1H3. The molecule has 0 amide bonds. The minimum Gasteiger partial charge on any atom is -0.385 e. The van der Waals surface area contributed by atoms with E-state index < -0.39 is 11.7 Å². The van der Waals surface area contributed by atoms with E-state index in [0.29, 0.717) is 17.8 Å². The Morgan fingerprint density at radius 2 is 2.07 bits per heavy atom. The van der Waals surface area contributed by atoms with Gasteiger partial charge in [-0.15, -0.1) is 0 Å². The lowest BCUT2D eigenvalue weighted by Crippen LogP contribution is -2.11. The Bertz CT molecular complexity index is 355. The fraction of sp³-hybridized carbons (Fsp3) is 0.273. The molecule has 0 saturated carbocycles. The summed E-state index contributed by atoms with van der Waals surface area (Å²) in [6, 6.07) is 5.11. The minimum atomic E-state index is -4.30. The number of hydrogen-bond acceptors (Lipinski definition) is 1. The van der Waals surface area contributed by atoms with E-state index in [-0.39, 0.29) is 0 Å². The lowest BCUT2D eigenvalue weighted by Gasteiger charge is -2.11. The molecule has 1 nitrogen and oxygen atoms in total. The molecule has 0 fully saturated rings. The Balaban J connectivity index is 2.98. The van der Waals surface area contributed by atoms with Gasteiger partial charge in [-0.25, -0.2) is 0 Å². The van der Waals surface area contributed by atoms with Crippen molar-refractivity contribution in [1.82, 2.24) is 5.32 Å². The van der Waals surface area contributed by atoms with Crippen LogP contribution in [0, 0.1) is 0 Å². The maximum atomic E-state index is 12.4. The first-order valence-corrected chi connectivity index (χ1v) is 4.55. The van der Waals surface area contributed by atoms with Crippen LogP contribution in [0.2, 0.25) is 0 Å². The van der Waals surface area contributed by atoms with E-state index in [2.05, 4.69) is 11.9 Å². The molecule has 15 heavy (non-hydrogen) atoms. The van der Waals surface area contributed by atoms with Crippen LogP contribution >= 0.6 is 0 Å². The Morgan fingerprint density at radius 1 is 1.40 bits per heavy atom. The largest absolute Gasteiger partial charge is 0.416 e. The number of rotatable bonds is 3. The zero-order valence-corrected chi connectivity index (χ0v) is 8.36. The number of halogens is 3. The molecule has 0 spiro atoms. The highest BCUT2D eigenvalue weighted by Gasteiger charge is 2.30. The number of nitrogens with one attached hydrogen (secondary N) is 1. The van der Waals surface area contributed by atoms with E-state index in [4.69, 9.17) is 0 Å². The van der Waals surface area contributed by atoms with Crippen molar-refractivity contribution in [3.8, 4) is 0 Å². The zero-order valence-electron chi connectivity index (χ0n) is 8.36. The number of benzene rings is 1. The lowest BCUT2D eigenvalue weighted by molar-refractivity contribution is -0.137. The minimum absolute atomic E-state index is 0.465. The molecule has 0 aromatic heterocycles. The highest BCUT2D eigenvalue weighted by atomic mass is 19.4. The fourth-order valence-corrected chi connectivity index (χ4v) is 1.20. The number of hydrogen-bond donors (Lipinski definition) is 1. The van der Waals surface area contributed by atoms with Gasteiger partial charge in [-0.05, 0) is 24.6 Å². The van der Waals surface area contributed by atoms with Crippen LogP contribution in [0.5, 0.6) is 0 Å². The van der Waals surface area contributed by atoms with Crippen molar-refractivity contribution in [1.29, 1.82) is 0 Å². The molecule has 0 radical (unpaired) electrons. The summed E-state index contributed by atoms with van der Waals surface area (Å²) < 4.78 is 37.1. The van der Waals surface area contributed by atoms with E-state index in [9.17, 15) is 13.2 Å². The van der Waals surface area contributed by atoms with E-state index >= 15 is 0 Å². The second-order valence-electron chi connectivity index (χ2n) is 3.09. The third-order valence-corrected chi connectivity index (χ3v) is 1.93. The van der Waals surface area contributed by atoms with Crippen LogP contribution in [0.4, 0.5) is 13.2 Å². The van der Waals surface area contributed by atoms with Crippen molar-refractivity contribution in [2.24, 2.45) is 0 Å². The molecule has 1 N–H and O–H groups in total. The quantitative estimate of drug-likeness (QED) is 0.815. The molecule has 0 aliphatic rings. The van der Waals surface area contributed by atoms with Gasteiger partial charge in [-0.2, -0.15) is 13.2 Å². The van der Waals surface area contributed by atoms with Crippen molar-refractivity contribution in [3.05, 3.63) is 42.0 Å². The second-order valence-corrected chi connectivity index (χ2v) is 3.09. The van der Waals surface area contributed by atoms with Gasteiger partial charge in [0.15, 0.2) is 0 Å². The summed E-state index contributed by atoms with van der Waals surface area (Å²) in [5, 5.41) is 2.88. The molecule has 0 saturated heterocycles.